The summed E-state index contributed by atoms with van der Waals surface area (Å²) in [5, 5.41) is 0. The van der Waals surface area contributed by atoms with E-state index in [-0.39, 0.29) is 0 Å². The number of rotatable bonds is 0. The lowest BCUT2D eigenvalue weighted by atomic mass is 9.78. The summed E-state index contributed by atoms with van der Waals surface area (Å²) in [5.74, 6) is 1.35. The van der Waals surface area contributed by atoms with E-state index in [4.69, 9.17) is 0 Å². The lowest BCUT2D eigenvalue weighted by molar-refractivity contribution is 0.738. The standard InChI is InChI=1S/C16H18/c1-11-5-4-8-15-14(11)10-9-13-7-3-6-12(2)16(13)15/h3-4,7-12H,5-6H2,1-2H3. The van der Waals surface area contributed by atoms with Crippen molar-refractivity contribution in [1.82, 2.24) is 0 Å². The van der Waals surface area contributed by atoms with Crippen LogP contribution in [0.1, 0.15) is 60.8 Å². The zero-order valence-electron chi connectivity index (χ0n) is 10.0. The summed E-state index contributed by atoms with van der Waals surface area (Å²) < 4.78 is 0. The molecule has 2 aliphatic rings. The first-order valence-electron chi connectivity index (χ1n) is 6.27. The van der Waals surface area contributed by atoms with E-state index in [1.807, 2.05) is 0 Å². The fourth-order valence-corrected chi connectivity index (χ4v) is 3.02. The summed E-state index contributed by atoms with van der Waals surface area (Å²) in [7, 11) is 0. The van der Waals surface area contributed by atoms with Gasteiger partial charge in [-0.1, -0.05) is 50.3 Å². The summed E-state index contributed by atoms with van der Waals surface area (Å²) in [6.07, 6.45) is 11.6. The summed E-state index contributed by atoms with van der Waals surface area (Å²) >= 11 is 0. The molecule has 3 rings (SSSR count). The average molecular weight is 210 g/mol. The van der Waals surface area contributed by atoms with Crippen LogP contribution in [0, 0.1) is 0 Å². The Bertz CT molecular complexity index is 477. The minimum absolute atomic E-state index is 0.671. The van der Waals surface area contributed by atoms with Crippen LogP contribution < -0.4 is 0 Å². The molecule has 0 amide bonds. The van der Waals surface area contributed by atoms with Gasteiger partial charge in [0.1, 0.15) is 0 Å². The van der Waals surface area contributed by atoms with Crippen molar-refractivity contribution in [1.29, 1.82) is 0 Å². The van der Waals surface area contributed by atoms with E-state index >= 15 is 0 Å². The van der Waals surface area contributed by atoms with Gasteiger partial charge in [0.2, 0.25) is 0 Å². The Balaban J connectivity index is 2.26. The van der Waals surface area contributed by atoms with Crippen LogP contribution in [-0.4, -0.2) is 0 Å². The van der Waals surface area contributed by atoms with Gasteiger partial charge in [0.25, 0.3) is 0 Å². The van der Waals surface area contributed by atoms with Crippen LogP contribution in [0.4, 0.5) is 0 Å². The number of fused-ring (bicyclic) bond motifs is 3. The highest BCUT2D eigenvalue weighted by atomic mass is 14.3. The first-order valence-corrected chi connectivity index (χ1v) is 6.27. The summed E-state index contributed by atoms with van der Waals surface area (Å²) in [6, 6.07) is 4.63. The maximum Gasteiger partial charge on any atom is -0.0144 e. The molecular weight excluding hydrogens is 192 g/mol. The first kappa shape index (κ1) is 9.89. The third-order valence-electron chi connectivity index (χ3n) is 3.94. The Morgan fingerprint density at radius 1 is 0.938 bits per heavy atom. The summed E-state index contributed by atoms with van der Waals surface area (Å²) in [5.41, 5.74) is 6.05. The van der Waals surface area contributed by atoms with Crippen molar-refractivity contribution in [2.24, 2.45) is 0 Å². The molecule has 0 radical (unpaired) electrons. The van der Waals surface area contributed by atoms with E-state index in [0.29, 0.717) is 11.8 Å². The molecule has 0 nitrogen and oxygen atoms in total. The second kappa shape index (κ2) is 3.62. The lowest BCUT2D eigenvalue weighted by Gasteiger charge is -2.26. The minimum Gasteiger partial charge on any atom is -0.0833 e. The number of benzene rings is 1. The van der Waals surface area contributed by atoms with Crippen molar-refractivity contribution in [3.63, 3.8) is 0 Å². The van der Waals surface area contributed by atoms with Gasteiger partial charge in [0.05, 0.1) is 0 Å². The van der Waals surface area contributed by atoms with Gasteiger partial charge in [-0.3, -0.25) is 0 Å². The van der Waals surface area contributed by atoms with Gasteiger partial charge in [0.15, 0.2) is 0 Å². The molecule has 2 unspecified atom stereocenters. The van der Waals surface area contributed by atoms with Crippen LogP contribution in [0.5, 0.6) is 0 Å². The molecule has 2 atom stereocenters. The molecule has 16 heavy (non-hydrogen) atoms. The largest absolute Gasteiger partial charge is 0.0833 e. The molecule has 0 saturated carbocycles. The summed E-state index contributed by atoms with van der Waals surface area (Å²) in [4.78, 5) is 0. The highest BCUT2D eigenvalue weighted by Crippen LogP contribution is 2.39. The highest BCUT2D eigenvalue weighted by Gasteiger charge is 2.21. The molecule has 2 aliphatic carbocycles. The normalized spacial score (nSPS) is 26.4. The molecule has 0 saturated heterocycles. The number of allylic oxidation sites excluding steroid dienone is 2. The van der Waals surface area contributed by atoms with E-state index in [9.17, 15) is 0 Å². The van der Waals surface area contributed by atoms with Crippen LogP contribution in [-0.2, 0) is 0 Å². The van der Waals surface area contributed by atoms with Crippen LogP contribution in [0.3, 0.4) is 0 Å². The third-order valence-corrected chi connectivity index (χ3v) is 3.94. The van der Waals surface area contributed by atoms with Crippen molar-refractivity contribution < 1.29 is 0 Å². The topological polar surface area (TPSA) is 0 Å². The summed E-state index contributed by atoms with van der Waals surface area (Å²) in [6.45, 7) is 4.67. The monoisotopic (exact) mass is 210 g/mol. The Morgan fingerprint density at radius 3 is 2.56 bits per heavy atom. The third kappa shape index (κ3) is 1.36. The fraction of sp³-hybridized carbons (Fsp3) is 0.375. The smallest absolute Gasteiger partial charge is 0.0144 e. The SMILES string of the molecule is CC1CC=Cc2c1ccc1c2C(C)CC=C1. The zero-order chi connectivity index (χ0) is 11.1. The van der Waals surface area contributed by atoms with Gasteiger partial charge in [-0.15, -0.1) is 0 Å². The second-order valence-corrected chi connectivity index (χ2v) is 5.15. The molecule has 0 spiro atoms. The number of hydrogen-bond acceptors (Lipinski definition) is 0. The van der Waals surface area contributed by atoms with Crippen molar-refractivity contribution in [3.05, 3.63) is 46.5 Å². The Morgan fingerprint density at radius 2 is 1.69 bits per heavy atom. The van der Waals surface area contributed by atoms with Crippen LogP contribution in [0.15, 0.2) is 24.3 Å². The fourth-order valence-electron chi connectivity index (χ4n) is 3.02. The first-order chi connectivity index (χ1) is 7.77. The van der Waals surface area contributed by atoms with E-state index in [1.165, 1.54) is 24.0 Å². The van der Waals surface area contributed by atoms with E-state index in [1.54, 1.807) is 11.1 Å². The average Bonchev–Trinajstić information content (AvgIpc) is 2.29. The van der Waals surface area contributed by atoms with Crippen molar-refractivity contribution >= 4 is 12.2 Å². The molecule has 82 valence electrons. The van der Waals surface area contributed by atoms with Crippen molar-refractivity contribution in [3.8, 4) is 0 Å². The molecule has 0 heterocycles. The second-order valence-electron chi connectivity index (χ2n) is 5.15. The molecule has 0 bridgehead atoms. The van der Waals surface area contributed by atoms with Gasteiger partial charge in [-0.2, -0.15) is 0 Å². The predicted molar refractivity (Wildman–Crippen MR) is 70.6 cm³/mol. The molecular formula is C16H18. The minimum atomic E-state index is 0.671. The highest BCUT2D eigenvalue weighted by molar-refractivity contribution is 5.70. The van der Waals surface area contributed by atoms with Gasteiger partial charge >= 0.3 is 0 Å². The van der Waals surface area contributed by atoms with Crippen molar-refractivity contribution in [2.45, 2.75) is 38.5 Å². The maximum absolute atomic E-state index is 2.34. The van der Waals surface area contributed by atoms with Crippen LogP contribution >= 0.6 is 0 Å². The Labute approximate surface area is 97.7 Å². The van der Waals surface area contributed by atoms with Gasteiger partial charge in [0, 0.05) is 0 Å². The van der Waals surface area contributed by atoms with E-state index < -0.39 is 0 Å². The van der Waals surface area contributed by atoms with Crippen LogP contribution in [0.25, 0.3) is 12.2 Å². The van der Waals surface area contributed by atoms with Gasteiger partial charge in [-0.25, -0.2) is 0 Å². The molecule has 1 aromatic carbocycles. The van der Waals surface area contributed by atoms with Gasteiger partial charge in [-0.05, 0) is 46.9 Å². The van der Waals surface area contributed by atoms with Crippen molar-refractivity contribution in [2.75, 3.05) is 0 Å². The maximum atomic E-state index is 2.34. The molecule has 0 fully saturated rings. The molecule has 0 aromatic heterocycles. The zero-order valence-corrected chi connectivity index (χ0v) is 10.0. The van der Waals surface area contributed by atoms with Gasteiger partial charge < -0.3 is 0 Å². The Kier molecular flexibility index (Phi) is 2.24. The molecule has 0 heteroatoms. The molecule has 0 aliphatic heterocycles. The number of hydrogen-bond donors (Lipinski definition) is 0. The Hall–Kier alpha value is -1.30. The van der Waals surface area contributed by atoms with E-state index in [2.05, 4.69) is 50.3 Å². The molecule has 0 N–H and O–H groups in total. The van der Waals surface area contributed by atoms with E-state index in [0.717, 1.165) is 0 Å². The van der Waals surface area contributed by atoms with Crippen LogP contribution in [0.2, 0.25) is 0 Å². The predicted octanol–water partition coefficient (Wildman–Crippen LogP) is 4.73. The molecule has 1 aromatic rings. The lowest BCUT2D eigenvalue weighted by Crippen LogP contribution is -2.09. The quantitative estimate of drug-likeness (QED) is 0.581.